The second-order valence-electron chi connectivity index (χ2n) is 9.99. The van der Waals surface area contributed by atoms with Gasteiger partial charge in [-0.2, -0.15) is 5.26 Å². The van der Waals surface area contributed by atoms with Crippen molar-refractivity contribution in [2.24, 2.45) is 0 Å². The van der Waals surface area contributed by atoms with Crippen molar-refractivity contribution in [1.82, 2.24) is 20.6 Å². The highest BCUT2D eigenvalue weighted by Crippen LogP contribution is 2.39. The summed E-state index contributed by atoms with van der Waals surface area (Å²) in [7, 11) is 0. The number of nitrogens with zero attached hydrogens (tertiary/aromatic N) is 5. The van der Waals surface area contributed by atoms with Crippen molar-refractivity contribution in [1.29, 1.82) is 5.26 Å². The second kappa shape index (κ2) is 11.9. The number of hydrogen-bond acceptors (Lipinski definition) is 7. The van der Waals surface area contributed by atoms with Crippen LogP contribution < -0.4 is 20.4 Å². The van der Waals surface area contributed by atoms with Gasteiger partial charge in [0.15, 0.2) is 0 Å². The smallest absolute Gasteiger partial charge is 0.252 e. The van der Waals surface area contributed by atoms with E-state index >= 15 is 0 Å². The first-order chi connectivity index (χ1) is 20.5. The molecular weight excluding hydrogens is 594 g/mol. The molecule has 1 aliphatic carbocycles. The number of rotatable bonds is 7. The molecule has 2 N–H and O–H groups in total. The highest BCUT2D eigenvalue weighted by Gasteiger charge is 2.48. The molecule has 2 fully saturated rings. The lowest BCUT2D eigenvalue weighted by atomic mass is 9.87. The summed E-state index contributed by atoms with van der Waals surface area (Å²) in [5.41, 5.74) is -0.487. The standard InChI is InChI=1S/C28H22ClF4N7O3/c29-21-4-2-1-3-20(21)24(25(42)37-18-10-28(32,33)11-18)39(19-8-15(30)7-16(31)9-19)26(43)22-13-35-14-23(41)40(22)27-36-6-5-17(12-34)38-27/h1-9,18,22,24,35H,10-11,13-14H2,(H,37,42). The maximum atomic E-state index is 14.6. The number of alkyl halides is 2. The summed E-state index contributed by atoms with van der Waals surface area (Å²) in [5, 5.41) is 14.6. The van der Waals surface area contributed by atoms with Gasteiger partial charge in [0.25, 0.3) is 11.8 Å². The lowest BCUT2D eigenvalue weighted by molar-refractivity contribution is -0.133. The maximum absolute atomic E-state index is 14.6. The fourth-order valence-electron chi connectivity index (χ4n) is 5.02. The third kappa shape index (κ3) is 6.27. The van der Waals surface area contributed by atoms with Crippen LogP contribution >= 0.6 is 11.6 Å². The molecule has 43 heavy (non-hydrogen) atoms. The summed E-state index contributed by atoms with van der Waals surface area (Å²) in [6.45, 7) is -0.437. The lowest BCUT2D eigenvalue weighted by Gasteiger charge is -2.41. The SMILES string of the molecule is N#Cc1ccnc(N2C(=O)CNCC2C(=O)N(c2cc(F)cc(F)c2)C(C(=O)NC2CC(F)(F)C2)c2ccccc2Cl)n1. The molecule has 2 atom stereocenters. The highest BCUT2D eigenvalue weighted by atomic mass is 35.5. The van der Waals surface area contributed by atoms with Crippen LogP contribution in [0.2, 0.25) is 5.02 Å². The zero-order chi connectivity index (χ0) is 30.9. The summed E-state index contributed by atoms with van der Waals surface area (Å²) < 4.78 is 56.4. The minimum atomic E-state index is -2.98. The van der Waals surface area contributed by atoms with Crippen molar-refractivity contribution < 1.29 is 31.9 Å². The monoisotopic (exact) mass is 615 g/mol. The number of carbonyl (C=O) groups excluding carboxylic acids is 3. The molecule has 2 unspecified atom stereocenters. The molecule has 2 aliphatic rings. The van der Waals surface area contributed by atoms with Crippen LogP contribution in [0.4, 0.5) is 29.2 Å². The quantitative estimate of drug-likeness (QED) is 0.390. The molecule has 0 bridgehead atoms. The average molecular weight is 616 g/mol. The molecular formula is C28H22ClF4N7O3. The van der Waals surface area contributed by atoms with Crippen molar-refractivity contribution in [2.45, 2.75) is 36.9 Å². The molecule has 2 aromatic carbocycles. The number of carbonyl (C=O) groups is 3. The van der Waals surface area contributed by atoms with Gasteiger partial charge < -0.3 is 10.6 Å². The molecule has 3 amide bonds. The minimum Gasteiger partial charge on any atom is -0.351 e. The Balaban J connectivity index is 1.65. The second-order valence-corrected chi connectivity index (χ2v) is 10.4. The van der Waals surface area contributed by atoms with Gasteiger partial charge in [0.1, 0.15) is 35.5 Å². The Hall–Kier alpha value is -4.61. The number of nitriles is 1. The van der Waals surface area contributed by atoms with Gasteiger partial charge in [-0.25, -0.2) is 27.5 Å². The van der Waals surface area contributed by atoms with Gasteiger partial charge in [0.05, 0.1) is 12.2 Å². The van der Waals surface area contributed by atoms with Crippen LogP contribution in [0, 0.1) is 23.0 Å². The summed E-state index contributed by atoms with van der Waals surface area (Å²) >= 11 is 6.44. The van der Waals surface area contributed by atoms with E-state index in [2.05, 4.69) is 20.6 Å². The van der Waals surface area contributed by atoms with E-state index in [0.717, 1.165) is 21.9 Å². The van der Waals surface area contributed by atoms with Gasteiger partial charge in [0, 0.05) is 48.3 Å². The lowest BCUT2D eigenvalue weighted by Crippen LogP contribution is -2.63. The normalized spacial score (nSPS) is 18.7. The topological polar surface area (TPSA) is 131 Å². The Morgan fingerprint density at radius 2 is 1.86 bits per heavy atom. The molecule has 1 aromatic heterocycles. The molecule has 5 rings (SSSR count). The van der Waals surface area contributed by atoms with Gasteiger partial charge in [-0.15, -0.1) is 0 Å². The van der Waals surface area contributed by atoms with Crippen LogP contribution in [0.5, 0.6) is 0 Å². The number of piperazine rings is 1. The molecule has 1 aliphatic heterocycles. The Bertz CT molecular complexity index is 1610. The zero-order valence-electron chi connectivity index (χ0n) is 22.1. The number of anilines is 2. The molecule has 10 nitrogen and oxygen atoms in total. The van der Waals surface area contributed by atoms with E-state index in [1.807, 2.05) is 6.07 Å². The van der Waals surface area contributed by atoms with E-state index in [1.165, 1.54) is 30.5 Å². The first-order valence-corrected chi connectivity index (χ1v) is 13.3. The third-order valence-electron chi connectivity index (χ3n) is 6.96. The largest absolute Gasteiger partial charge is 0.351 e. The van der Waals surface area contributed by atoms with E-state index in [9.17, 15) is 37.2 Å². The van der Waals surface area contributed by atoms with Crippen LogP contribution in [0.25, 0.3) is 0 Å². The predicted octanol–water partition coefficient (Wildman–Crippen LogP) is 3.27. The van der Waals surface area contributed by atoms with Gasteiger partial charge >= 0.3 is 0 Å². The summed E-state index contributed by atoms with van der Waals surface area (Å²) in [6, 6.07) is 7.03. The van der Waals surface area contributed by atoms with Gasteiger partial charge in [-0.05, 0) is 24.3 Å². The minimum absolute atomic E-state index is 0.00368. The van der Waals surface area contributed by atoms with Gasteiger partial charge in [-0.1, -0.05) is 29.8 Å². The van der Waals surface area contributed by atoms with Crippen molar-refractivity contribution in [3.63, 3.8) is 0 Å². The summed E-state index contributed by atoms with van der Waals surface area (Å²) in [6.07, 6.45) is -0.0678. The van der Waals surface area contributed by atoms with Crippen LogP contribution in [0.3, 0.4) is 0 Å². The van der Waals surface area contributed by atoms with Crippen molar-refractivity contribution in [3.8, 4) is 6.07 Å². The molecule has 0 radical (unpaired) electrons. The van der Waals surface area contributed by atoms with Crippen LogP contribution in [-0.4, -0.2) is 58.8 Å². The van der Waals surface area contributed by atoms with Crippen molar-refractivity contribution in [3.05, 3.63) is 82.6 Å². The van der Waals surface area contributed by atoms with E-state index in [1.54, 1.807) is 6.07 Å². The van der Waals surface area contributed by atoms with Crippen molar-refractivity contribution in [2.75, 3.05) is 22.9 Å². The number of benzene rings is 2. The molecule has 3 aromatic rings. The number of amides is 3. The molecule has 1 saturated heterocycles. The van der Waals surface area contributed by atoms with Gasteiger partial charge in [-0.3, -0.25) is 24.2 Å². The van der Waals surface area contributed by atoms with E-state index in [4.69, 9.17) is 11.6 Å². The maximum Gasteiger partial charge on any atom is 0.252 e. The number of hydrogen-bond donors (Lipinski definition) is 2. The Morgan fingerprint density at radius 1 is 1.16 bits per heavy atom. The number of aromatic nitrogens is 2. The fourth-order valence-corrected chi connectivity index (χ4v) is 5.26. The fraction of sp³-hybridized carbons (Fsp3) is 0.286. The Morgan fingerprint density at radius 3 is 2.51 bits per heavy atom. The van der Waals surface area contributed by atoms with E-state index in [0.29, 0.717) is 6.07 Å². The van der Waals surface area contributed by atoms with Crippen LogP contribution in [-0.2, 0) is 14.4 Å². The summed E-state index contributed by atoms with van der Waals surface area (Å²) in [5.74, 6) is -8.04. The first kappa shape index (κ1) is 29.9. The third-order valence-corrected chi connectivity index (χ3v) is 7.30. The molecule has 15 heteroatoms. The average Bonchev–Trinajstić information content (AvgIpc) is 2.94. The van der Waals surface area contributed by atoms with Crippen LogP contribution in [0.1, 0.15) is 30.1 Å². The molecule has 1 saturated carbocycles. The van der Waals surface area contributed by atoms with Gasteiger partial charge in [0.2, 0.25) is 17.8 Å². The highest BCUT2D eigenvalue weighted by molar-refractivity contribution is 6.31. The number of halogens is 5. The summed E-state index contributed by atoms with van der Waals surface area (Å²) in [4.78, 5) is 51.2. The molecule has 222 valence electrons. The Kier molecular flexibility index (Phi) is 8.30. The number of nitrogens with one attached hydrogen (secondary N) is 2. The molecule has 2 heterocycles. The van der Waals surface area contributed by atoms with E-state index < -0.39 is 71.9 Å². The first-order valence-electron chi connectivity index (χ1n) is 12.9. The van der Waals surface area contributed by atoms with Crippen molar-refractivity contribution >= 4 is 41.0 Å². The zero-order valence-corrected chi connectivity index (χ0v) is 22.9. The van der Waals surface area contributed by atoms with Crippen LogP contribution in [0.15, 0.2) is 54.7 Å². The van der Waals surface area contributed by atoms with E-state index in [-0.39, 0.29) is 35.3 Å². The molecule has 0 spiro atoms. The predicted molar refractivity (Wildman–Crippen MR) is 145 cm³/mol. The Labute approximate surface area is 247 Å².